The minimum atomic E-state index is -3.27. The first-order valence-corrected chi connectivity index (χ1v) is 13.5. The molecule has 9 heteroatoms. The second kappa shape index (κ2) is 8.81. The number of ether oxygens (including phenoxy) is 2. The van der Waals surface area contributed by atoms with Crippen molar-refractivity contribution in [2.45, 2.75) is 24.9 Å². The zero-order chi connectivity index (χ0) is 25.0. The van der Waals surface area contributed by atoms with Gasteiger partial charge in [0, 0.05) is 55.8 Å². The fourth-order valence-corrected chi connectivity index (χ4v) is 7.11. The third kappa shape index (κ3) is 3.81. The third-order valence-corrected chi connectivity index (χ3v) is 9.45. The van der Waals surface area contributed by atoms with E-state index in [0.29, 0.717) is 26.2 Å². The Balaban J connectivity index is 1.62. The predicted molar refractivity (Wildman–Crippen MR) is 135 cm³/mol. The maximum Gasteiger partial charge on any atom is 0.213 e. The lowest BCUT2D eigenvalue weighted by molar-refractivity contribution is 0.0242. The van der Waals surface area contributed by atoms with Crippen LogP contribution in [0.5, 0.6) is 11.5 Å². The van der Waals surface area contributed by atoms with E-state index < -0.39 is 10.0 Å². The van der Waals surface area contributed by atoms with Crippen LogP contribution >= 0.6 is 0 Å². The van der Waals surface area contributed by atoms with Crippen molar-refractivity contribution in [1.82, 2.24) is 13.8 Å². The van der Waals surface area contributed by atoms with Crippen LogP contribution in [0.2, 0.25) is 0 Å². The largest absolute Gasteiger partial charge is 0.497 e. The number of nitrogens with zero attached hydrogens (tertiary/aromatic N) is 3. The lowest BCUT2D eigenvalue weighted by atomic mass is 9.70. The molecule has 0 aliphatic carbocycles. The summed E-state index contributed by atoms with van der Waals surface area (Å²) >= 11 is 0. The Morgan fingerprint density at radius 2 is 1.69 bits per heavy atom. The summed E-state index contributed by atoms with van der Waals surface area (Å²) in [5.41, 5.74) is 3.99. The van der Waals surface area contributed by atoms with E-state index in [1.807, 2.05) is 43.4 Å². The van der Waals surface area contributed by atoms with Crippen LogP contribution in [0.25, 0.3) is 10.9 Å². The number of methoxy groups -OCH3 is 2. The zero-order valence-electron chi connectivity index (χ0n) is 20.7. The van der Waals surface area contributed by atoms with E-state index in [0.717, 1.165) is 39.2 Å². The molecule has 0 unspecified atom stereocenters. The molecule has 2 aliphatic rings. The van der Waals surface area contributed by atoms with Gasteiger partial charge in [0.25, 0.3) is 0 Å². The molecule has 0 saturated carbocycles. The molecule has 1 spiro atoms. The highest BCUT2D eigenvalue weighted by Gasteiger charge is 2.55. The third-order valence-electron chi connectivity index (χ3n) is 7.68. The molecule has 2 aliphatic heterocycles. The summed E-state index contributed by atoms with van der Waals surface area (Å²) in [6.45, 7) is 3.85. The Morgan fingerprint density at radius 1 is 1.03 bits per heavy atom. The van der Waals surface area contributed by atoms with E-state index in [4.69, 9.17) is 9.47 Å². The van der Waals surface area contributed by atoms with Gasteiger partial charge in [0.1, 0.15) is 11.5 Å². The van der Waals surface area contributed by atoms with Gasteiger partial charge < -0.3 is 19.1 Å². The fourth-order valence-electron chi connectivity index (χ4n) is 5.86. The standard InChI is InChI=1S/C26H33N3O5S/c1-5-35(31,32)29-16-26(17-29)15-28(13-18-6-8-19(33-3)9-7-18)23(14-30)25-24(26)21-11-10-20(34-4)12-22(21)27(25)2/h6-12,23,30H,5,13-17H2,1-4H3/t23-/m0/s1. The van der Waals surface area contributed by atoms with Crippen LogP contribution in [0.1, 0.15) is 29.8 Å². The SMILES string of the molecule is CCS(=O)(=O)N1CC2(CN(Cc3ccc(OC)cc3)[C@@H](CO)c3c2c2ccc(OC)cc2n3C)C1. The van der Waals surface area contributed by atoms with Gasteiger partial charge in [-0.3, -0.25) is 4.90 Å². The van der Waals surface area contributed by atoms with Gasteiger partial charge in [-0.05, 0) is 42.3 Å². The molecule has 0 amide bonds. The fraction of sp³-hybridized carbons (Fsp3) is 0.462. The molecule has 1 atom stereocenters. The normalized spacial score (nSPS) is 20.1. The van der Waals surface area contributed by atoms with Gasteiger partial charge in [0.15, 0.2) is 0 Å². The second-order valence-electron chi connectivity index (χ2n) is 9.60. The molecule has 0 bridgehead atoms. The molecule has 0 radical (unpaired) electrons. The Morgan fingerprint density at radius 3 is 2.29 bits per heavy atom. The molecule has 3 aromatic rings. The molecule has 188 valence electrons. The molecular formula is C26H33N3O5S. The number of fused-ring (bicyclic) bond motifs is 4. The van der Waals surface area contributed by atoms with E-state index >= 15 is 0 Å². The molecular weight excluding hydrogens is 466 g/mol. The van der Waals surface area contributed by atoms with Crippen molar-refractivity contribution in [2.24, 2.45) is 7.05 Å². The smallest absolute Gasteiger partial charge is 0.213 e. The Kier molecular flexibility index (Phi) is 6.07. The minimum absolute atomic E-state index is 0.0303. The zero-order valence-corrected chi connectivity index (χ0v) is 21.5. The maximum absolute atomic E-state index is 12.7. The van der Waals surface area contributed by atoms with Crippen molar-refractivity contribution in [2.75, 3.05) is 46.2 Å². The lowest BCUT2D eigenvalue weighted by Crippen LogP contribution is -2.67. The van der Waals surface area contributed by atoms with E-state index in [9.17, 15) is 13.5 Å². The number of aromatic nitrogens is 1. The first kappa shape index (κ1) is 24.1. The molecule has 8 nitrogen and oxygen atoms in total. The highest BCUT2D eigenvalue weighted by Crippen LogP contribution is 2.50. The molecule has 5 rings (SSSR count). The summed E-state index contributed by atoms with van der Waals surface area (Å²) in [5, 5.41) is 11.7. The van der Waals surface area contributed by atoms with Gasteiger partial charge in [-0.2, -0.15) is 4.31 Å². The van der Waals surface area contributed by atoms with E-state index in [1.54, 1.807) is 25.4 Å². The van der Waals surface area contributed by atoms with Gasteiger partial charge >= 0.3 is 0 Å². The molecule has 35 heavy (non-hydrogen) atoms. The molecule has 1 aromatic heterocycles. The highest BCUT2D eigenvalue weighted by molar-refractivity contribution is 7.89. The lowest BCUT2D eigenvalue weighted by Gasteiger charge is -2.55. The number of aliphatic hydroxyl groups excluding tert-OH is 1. The number of hydrogen-bond donors (Lipinski definition) is 1. The van der Waals surface area contributed by atoms with Crippen LogP contribution in [0.15, 0.2) is 42.5 Å². The van der Waals surface area contributed by atoms with Crippen molar-refractivity contribution in [3.63, 3.8) is 0 Å². The maximum atomic E-state index is 12.7. The van der Waals surface area contributed by atoms with Crippen molar-refractivity contribution in [3.8, 4) is 11.5 Å². The first-order valence-electron chi connectivity index (χ1n) is 11.9. The van der Waals surface area contributed by atoms with E-state index in [1.165, 1.54) is 0 Å². The summed E-state index contributed by atoms with van der Waals surface area (Å²) in [4.78, 5) is 2.29. The topological polar surface area (TPSA) is 84.2 Å². The van der Waals surface area contributed by atoms with E-state index in [-0.39, 0.29) is 23.8 Å². The van der Waals surface area contributed by atoms with Crippen molar-refractivity contribution < 1.29 is 23.0 Å². The average Bonchev–Trinajstić information content (AvgIpc) is 3.14. The van der Waals surface area contributed by atoms with Gasteiger partial charge in [-0.1, -0.05) is 12.1 Å². The number of hydrogen-bond acceptors (Lipinski definition) is 6. The molecule has 3 heterocycles. The van der Waals surface area contributed by atoms with Crippen LogP contribution < -0.4 is 9.47 Å². The summed E-state index contributed by atoms with van der Waals surface area (Å²) in [6.07, 6.45) is 0. The van der Waals surface area contributed by atoms with Gasteiger partial charge in [-0.15, -0.1) is 0 Å². The number of benzene rings is 2. The highest BCUT2D eigenvalue weighted by atomic mass is 32.2. The van der Waals surface area contributed by atoms with Gasteiger partial charge in [0.2, 0.25) is 10.0 Å². The number of aryl methyl sites for hydroxylation is 1. The van der Waals surface area contributed by atoms with Crippen LogP contribution in [0, 0.1) is 0 Å². The Bertz CT molecular complexity index is 1340. The van der Waals surface area contributed by atoms with Crippen molar-refractivity contribution >= 4 is 20.9 Å². The number of aliphatic hydroxyl groups is 1. The summed E-state index contributed by atoms with van der Waals surface area (Å²) in [5.74, 6) is 1.66. The number of rotatable bonds is 7. The molecule has 1 N–H and O–H groups in total. The Labute approximate surface area is 206 Å². The average molecular weight is 500 g/mol. The quantitative estimate of drug-likeness (QED) is 0.538. The van der Waals surface area contributed by atoms with E-state index in [2.05, 4.69) is 15.5 Å². The van der Waals surface area contributed by atoms with Gasteiger partial charge in [-0.25, -0.2) is 8.42 Å². The molecule has 1 saturated heterocycles. The second-order valence-corrected chi connectivity index (χ2v) is 11.9. The van der Waals surface area contributed by atoms with Crippen LogP contribution in [0.4, 0.5) is 0 Å². The summed E-state index contributed by atoms with van der Waals surface area (Å²) in [6, 6.07) is 13.8. The first-order chi connectivity index (χ1) is 16.8. The summed E-state index contributed by atoms with van der Waals surface area (Å²) < 4.78 is 39.9. The summed E-state index contributed by atoms with van der Waals surface area (Å²) in [7, 11) is 2.04. The Hall–Kier alpha value is -2.59. The monoisotopic (exact) mass is 499 g/mol. The van der Waals surface area contributed by atoms with Crippen LogP contribution in [-0.2, 0) is 29.0 Å². The van der Waals surface area contributed by atoms with Crippen LogP contribution in [0.3, 0.4) is 0 Å². The van der Waals surface area contributed by atoms with Crippen molar-refractivity contribution in [3.05, 3.63) is 59.3 Å². The molecule has 2 aromatic carbocycles. The van der Waals surface area contributed by atoms with Crippen LogP contribution in [-0.4, -0.2) is 73.5 Å². The minimum Gasteiger partial charge on any atom is -0.497 e. The van der Waals surface area contributed by atoms with Gasteiger partial charge in [0.05, 0.1) is 38.1 Å². The molecule has 1 fully saturated rings. The number of sulfonamides is 1. The van der Waals surface area contributed by atoms with Crippen molar-refractivity contribution in [1.29, 1.82) is 0 Å². The predicted octanol–water partition coefficient (Wildman–Crippen LogP) is 2.65.